The van der Waals surface area contributed by atoms with Gasteiger partial charge in [0.2, 0.25) is 0 Å². The summed E-state index contributed by atoms with van der Waals surface area (Å²) < 4.78 is 5.22. The first-order chi connectivity index (χ1) is 4.76. The third kappa shape index (κ3) is 1.17. The Balaban J connectivity index is 2.31. The van der Waals surface area contributed by atoms with Gasteiger partial charge in [-0.15, -0.1) is 0 Å². The van der Waals surface area contributed by atoms with Crippen molar-refractivity contribution >= 4 is 0 Å². The molecule has 0 radical (unpaired) electrons. The van der Waals surface area contributed by atoms with Gasteiger partial charge in [0.1, 0.15) is 0 Å². The summed E-state index contributed by atoms with van der Waals surface area (Å²) in [6, 6.07) is 0. The van der Waals surface area contributed by atoms with Crippen LogP contribution < -0.4 is 5.73 Å². The van der Waals surface area contributed by atoms with E-state index in [-0.39, 0.29) is 12.2 Å². The summed E-state index contributed by atoms with van der Waals surface area (Å²) in [5, 5.41) is 8.71. The maximum absolute atomic E-state index is 8.71. The van der Waals surface area contributed by atoms with Gasteiger partial charge in [-0.25, -0.2) is 0 Å². The number of aliphatic hydroxyl groups excluding tert-OH is 1. The van der Waals surface area contributed by atoms with E-state index < -0.39 is 0 Å². The molecule has 1 rings (SSSR count). The highest BCUT2D eigenvalue weighted by Crippen LogP contribution is 2.39. The minimum absolute atomic E-state index is 0.104. The Labute approximate surface area is 61.2 Å². The molecule has 0 unspecified atom stereocenters. The average molecular weight is 145 g/mol. The number of aliphatic hydroxyl groups is 1. The highest BCUT2D eigenvalue weighted by atomic mass is 16.5. The quantitative estimate of drug-likeness (QED) is 0.575. The molecule has 3 heteroatoms. The molecule has 0 amide bonds. The lowest BCUT2D eigenvalue weighted by atomic mass is 9.71. The highest BCUT2D eigenvalue weighted by Gasteiger charge is 2.42. The van der Waals surface area contributed by atoms with E-state index in [1.807, 2.05) is 0 Å². The molecule has 3 N–H and O–H groups in total. The Morgan fingerprint density at radius 1 is 1.70 bits per heavy atom. The second kappa shape index (κ2) is 2.86. The van der Waals surface area contributed by atoms with Gasteiger partial charge < -0.3 is 15.6 Å². The van der Waals surface area contributed by atoms with Crippen LogP contribution in [-0.4, -0.2) is 31.0 Å². The molecule has 1 saturated carbocycles. The molecule has 1 aliphatic carbocycles. The van der Waals surface area contributed by atoms with E-state index in [1.165, 1.54) is 0 Å². The van der Waals surface area contributed by atoms with Gasteiger partial charge in [-0.1, -0.05) is 0 Å². The van der Waals surface area contributed by atoms with Gasteiger partial charge in [-0.05, 0) is 18.8 Å². The van der Waals surface area contributed by atoms with Crippen LogP contribution in [0.4, 0.5) is 0 Å². The summed E-state index contributed by atoms with van der Waals surface area (Å²) >= 11 is 0. The van der Waals surface area contributed by atoms with E-state index >= 15 is 0 Å². The molecule has 0 saturated heterocycles. The molecule has 0 aromatic rings. The zero-order valence-electron chi connectivity index (χ0n) is 6.34. The molecule has 0 spiro atoms. The third-order valence-electron chi connectivity index (χ3n) is 2.38. The Hall–Kier alpha value is -0.120. The standard InChI is InChI=1S/C7H15NO2/c1-10-7(5-8)2-6(3-7)4-9/h6,9H,2-5,8H2,1H3. The SMILES string of the molecule is COC1(CN)CC(CO)C1. The van der Waals surface area contributed by atoms with E-state index in [4.69, 9.17) is 15.6 Å². The fraction of sp³-hybridized carbons (Fsp3) is 1.00. The molecule has 0 aliphatic heterocycles. The fourth-order valence-corrected chi connectivity index (χ4v) is 1.54. The monoisotopic (exact) mass is 145 g/mol. The zero-order valence-corrected chi connectivity index (χ0v) is 6.34. The number of nitrogens with two attached hydrogens (primary N) is 1. The first-order valence-corrected chi connectivity index (χ1v) is 3.62. The van der Waals surface area contributed by atoms with Crippen LogP contribution in [0, 0.1) is 5.92 Å². The lowest BCUT2D eigenvalue weighted by Gasteiger charge is -2.45. The van der Waals surface area contributed by atoms with Crippen LogP contribution in [0.15, 0.2) is 0 Å². The van der Waals surface area contributed by atoms with Crippen molar-refractivity contribution in [1.29, 1.82) is 0 Å². The van der Waals surface area contributed by atoms with Crippen molar-refractivity contribution in [3.8, 4) is 0 Å². The number of rotatable bonds is 3. The molecule has 60 valence electrons. The Bertz CT molecular complexity index is 104. The largest absolute Gasteiger partial charge is 0.396 e. The van der Waals surface area contributed by atoms with E-state index in [0.29, 0.717) is 12.5 Å². The summed E-state index contributed by atoms with van der Waals surface area (Å²) in [6.07, 6.45) is 1.83. The molecule has 0 aromatic heterocycles. The van der Waals surface area contributed by atoms with E-state index in [1.54, 1.807) is 7.11 Å². The first kappa shape index (κ1) is 7.98. The van der Waals surface area contributed by atoms with Crippen molar-refractivity contribution in [1.82, 2.24) is 0 Å². The van der Waals surface area contributed by atoms with Crippen LogP contribution in [0.1, 0.15) is 12.8 Å². The lowest BCUT2D eigenvalue weighted by molar-refractivity contribution is -0.108. The van der Waals surface area contributed by atoms with Gasteiger partial charge in [0.15, 0.2) is 0 Å². The fourth-order valence-electron chi connectivity index (χ4n) is 1.54. The van der Waals surface area contributed by atoms with Crippen molar-refractivity contribution in [2.75, 3.05) is 20.3 Å². The molecule has 0 atom stereocenters. The summed E-state index contributed by atoms with van der Waals surface area (Å²) in [5.41, 5.74) is 5.39. The molecule has 3 nitrogen and oxygen atoms in total. The summed E-state index contributed by atoms with van der Waals surface area (Å²) in [7, 11) is 1.68. The molecule has 10 heavy (non-hydrogen) atoms. The number of methoxy groups -OCH3 is 1. The van der Waals surface area contributed by atoms with Gasteiger partial charge >= 0.3 is 0 Å². The van der Waals surface area contributed by atoms with Crippen LogP contribution in [0.5, 0.6) is 0 Å². The second-order valence-electron chi connectivity index (χ2n) is 3.05. The van der Waals surface area contributed by atoms with Crippen molar-refractivity contribution in [2.45, 2.75) is 18.4 Å². The molecule has 1 fully saturated rings. The van der Waals surface area contributed by atoms with Crippen molar-refractivity contribution in [3.63, 3.8) is 0 Å². The predicted octanol–water partition coefficient (Wildman–Crippen LogP) is -0.267. The van der Waals surface area contributed by atoms with Crippen molar-refractivity contribution in [2.24, 2.45) is 11.7 Å². The maximum atomic E-state index is 8.71. The first-order valence-electron chi connectivity index (χ1n) is 3.62. The maximum Gasteiger partial charge on any atom is 0.0807 e. The van der Waals surface area contributed by atoms with Crippen molar-refractivity contribution < 1.29 is 9.84 Å². The van der Waals surface area contributed by atoms with E-state index in [2.05, 4.69) is 0 Å². The van der Waals surface area contributed by atoms with Gasteiger partial charge in [0.05, 0.1) is 5.60 Å². The summed E-state index contributed by atoms with van der Waals surface area (Å²) in [6.45, 7) is 0.838. The highest BCUT2D eigenvalue weighted by molar-refractivity contribution is 4.95. The van der Waals surface area contributed by atoms with E-state index in [0.717, 1.165) is 12.8 Å². The van der Waals surface area contributed by atoms with Crippen molar-refractivity contribution in [3.05, 3.63) is 0 Å². The molecule has 0 aromatic carbocycles. The second-order valence-corrected chi connectivity index (χ2v) is 3.05. The van der Waals surface area contributed by atoms with Gasteiger partial charge in [0.25, 0.3) is 0 Å². The molecule has 0 bridgehead atoms. The lowest BCUT2D eigenvalue weighted by Crippen LogP contribution is -2.52. The Morgan fingerprint density at radius 2 is 2.30 bits per heavy atom. The molecule has 1 aliphatic rings. The Morgan fingerprint density at radius 3 is 2.60 bits per heavy atom. The average Bonchev–Trinajstić information content (AvgIpc) is 1.89. The molecule has 0 heterocycles. The normalized spacial score (nSPS) is 39.3. The van der Waals surface area contributed by atoms with Crippen LogP contribution in [0.25, 0.3) is 0 Å². The van der Waals surface area contributed by atoms with E-state index in [9.17, 15) is 0 Å². The number of hydrogen-bond acceptors (Lipinski definition) is 3. The summed E-state index contributed by atoms with van der Waals surface area (Å²) in [5.74, 6) is 0.420. The minimum Gasteiger partial charge on any atom is -0.396 e. The van der Waals surface area contributed by atoms with Crippen LogP contribution in [0.3, 0.4) is 0 Å². The Kier molecular flexibility index (Phi) is 2.28. The number of ether oxygens (including phenoxy) is 1. The van der Waals surface area contributed by atoms with Crippen LogP contribution in [0.2, 0.25) is 0 Å². The topological polar surface area (TPSA) is 55.5 Å². The molecular weight excluding hydrogens is 130 g/mol. The smallest absolute Gasteiger partial charge is 0.0807 e. The van der Waals surface area contributed by atoms with Crippen LogP contribution >= 0.6 is 0 Å². The predicted molar refractivity (Wildman–Crippen MR) is 38.6 cm³/mol. The number of hydrogen-bond donors (Lipinski definition) is 2. The summed E-state index contributed by atoms with van der Waals surface area (Å²) in [4.78, 5) is 0. The van der Waals surface area contributed by atoms with Gasteiger partial charge in [-0.3, -0.25) is 0 Å². The minimum atomic E-state index is -0.104. The molecular formula is C7H15NO2. The third-order valence-corrected chi connectivity index (χ3v) is 2.38. The zero-order chi connectivity index (χ0) is 7.61. The van der Waals surface area contributed by atoms with Crippen LogP contribution in [-0.2, 0) is 4.74 Å². The van der Waals surface area contributed by atoms with Gasteiger partial charge in [-0.2, -0.15) is 0 Å². The van der Waals surface area contributed by atoms with Gasteiger partial charge in [0, 0.05) is 20.3 Å².